The number of hydrogen-bond acceptors (Lipinski definition) is 3. The van der Waals surface area contributed by atoms with Gasteiger partial charge in [0, 0.05) is 32.2 Å². The lowest BCUT2D eigenvalue weighted by Crippen LogP contribution is -2.55. The van der Waals surface area contributed by atoms with Gasteiger partial charge in [-0.1, -0.05) is 22.6 Å². The molecule has 16 heavy (non-hydrogen) atoms. The van der Waals surface area contributed by atoms with Crippen LogP contribution >= 0.6 is 22.6 Å². The van der Waals surface area contributed by atoms with E-state index < -0.39 is 0 Å². The van der Waals surface area contributed by atoms with Crippen LogP contribution in [0.4, 0.5) is 0 Å². The van der Waals surface area contributed by atoms with Crippen molar-refractivity contribution < 1.29 is 4.79 Å². The summed E-state index contributed by atoms with van der Waals surface area (Å²) in [5.41, 5.74) is 0. The van der Waals surface area contributed by atoms with Gasteiger partial charge in [-0.25, -0.2) is 0 Å². The van der Waals surface area contributed by atoms with E-state index in [9.17, 15) is 4.79 Å². The SMILES string of the molecule is N#CC1CN(C2CCN(C(=O)CI)CC2)C1. The molecule has 2 saturated heterocycles. The van der Waals surface area contributed by atoms with E-state index >= 15 is 0 Å². The van der Waals surface area contributed by atoms with Gasteiger partial charge in [0.2, 0.25) is 5.91 Å². The number of likely N-dealkylation sites (tertiary alicyclic amines) is 2. The molecule has 2 aliphatic heterocycles. The van der Waals surface area contributed by atoms with Crippen LogP contribution in [-0.2, 0) is 4.79 Å². The molecule has 1 amide bonds. The van der Waals surface area contributed by atoms with Crippen LogP contribution in [0, 0.1) is 17.2 Å². The number of carbonyl (C=O) groups excluding carboxylic acids is 1. The first kappa shape index (κ1) is 12.1. The van der Waals surface area contributed by atoms with E-state index in [1.807, 2.05) is 4.90 Å². The number of amides is 1. The second-order valence-corrected chi connectivity index (χ2v) is 5.29. The summed E-state index contributed by atoms with van der Waals surface area (Å²) in [6.07, 6.45) is 2.14. The zero-order valence-corrected chi connectivity index (χ0v) is 11.4. The van der Waals surface area contributed by atoms with Crippen molar-refractivity contribution in [2.75, 3.05) is 30.6 Å². The number of carbonyl (C=O) groups is 1. The Balaban J connectivity index is 1.74. The first-order valence-electron chi connectivity index (χ1n) is 5.72. The number of nitrogens with zero attached hydrogens (tertiary/aromatic N) is 3. The molecule has 2 rings (SSSR count). The van der Waals surface area contributed by atoms with Crippen LogP contribution in [0.5, 0.6) is 0 Å². The fraction of sp³-hybridized carbons (Fsp3) is 0.818. The van der Waals surface area contributed by atoms with Crippen LogP contribution < -0.4 is 0 Å². The van der Waals surface area contributed by atoms with Gasteiger partial charge in [-0.2, -0.15) is 5.26 Å². The molecule has 0 atom stereocenters. The molecule has 0 radical (unpaired) electrons. The molecule has 4 nitrogen and oxygen atoms in total. The zero-order chi connectivity index (χ0) is 11.5. The molecule has 88 valence electrons. The second-order valence-electron chi connectivity index (χ2n) is 4.53. The van der Waals surface area contributed by atoms with Crippen LogP contribution in [0.25, 0.3) is 0 Å². The van der Waals surface area contributed by atoms with Gasteiger partial charge in [-0.05, 0) is 12.8 Å². The highest BCUT2D eigenvalue weighted by molar-refractivity contribution is 14.1. The topological polar surface area (TPSA) is 47.3 Å². The van der Waals surface area contributed by atoms with E-state index in [4.69, 9.17) is 5.26 Å². The molecule has 0 N–H and O–H groups in total. The van der Waals surface area contributed by atoms with Crippen molar-refractivity contribution in [3.05, 3.63) is 0 Å². The number of piperidine rings is 1. The normalized spacial score (nSPS) is 23.9. The first-order chi connectivity index (χ1) is 7.74. The van der Waals surface area contributed by atoms with Crippen LogP contribution in [0.15, 0.2) is 0 Å². The van der Waals surface area contributed by atoms with E-state index in [0.717, 1.165) is 39.0 Å². The van der Waals surface area contributed by atoms with Gasteiger partial charge < -0.3 is 4.90 Å². The highest BCUT2D eigenvalue weighted by Crippen LogP contribution is 2.24. The summed E-state index contributed by atoms with van der Waals surface area (Å²) in [5, 5.41) is 8.72. The smallest absolute Gasteiger partial charge is 0.232 e. The fourth-order valence-corrected chi connectivity index (χ4v) is 2.94. The van der Waals surface area contributed by atoms with Crippen molar-refractivity contribution in [2.45, 2.75) is 18.9 Å². The van der Waals surface area contributed by atoms with E-state index in [1.54, 1.807) is 0 Å². The van der Waals surface area contributed by atoms with Gasteiger partial charge in [-0.3, -0.25) is 9.69 Å². The van der Waals surface area contributed by atoms with Crippen LogP contribution in [0.3, 0.4) is 0 Å². The summed E-state index contributed by atoms with van der Waals surface area (Å²) in [4.78, 5) is 15.8. The Labute approximate surface area is 110 Å². The molecule has 0 aromatic rings. The molecule has 0 spiro atoms. The van der Waals surface area contributed by atoms with Crippen molar-refractivity contribution in [2.24, 2.45) is 5.92 Å². The lowest BCUT2D eigenvalue weighted by Gasteiger charge is -2.45. The predicted octanol–water partition coefficient (Wildman–Crippen LogP) is 0.868. The Bertz CT molecular complexity index is 301. The average Bonchev–Trinajstić information content (AvgIpc) is 2.27. The molecule has 0 aromatic heterocycles. The highest BCUT2D eigenvalue weighted by atomic mass is 127. The minimum atomic E-state index is 0.244. The standard InChI is InChI=1S/C11H16IN3O/c12-5-11(16)14-3-1-10(2-4-14)15-7-9(6-13)8-15/h9-10H,1-5,7-8H2. The predicted molar refractivity (Wildman–Crippen MR) is 69.2 cm³/mol. The number of halogens is 1. The lowest BCUT2D eigenvalue weighted by atomic mass is 9.94. The minimum Gasteiger partial charge on any atom is -0.342 e. The number of nitriles is 1. The Morgan fingerprint density at radius 1 is 1.38 bits per heavy atom. The third-order valence-electron chi connectivity index (χ3n) is 3.54. The summed E-state index contributed by atoms with van der Waals surface area (Å²) in [5.74, 6) is 0.506. The molecule has 0 aromatic carbocycles. The Morgan fingerprint density at radius 3 is 2.50 bits per heavy atom. The summed E-state index contributed by atoms with van der Waals surface area (Å²) < 4.78 is 0.586. The van der Waals surface area contributed by atoms with Gasteiger partial charge in [-0.15, -0.1) is 0 Å². The molecular formula is C11H16IN3O. The number of hydrogen-bond donors (Lipinski definition) is 0. The third-order valence-corrected chi connectivity index (χ3v) is 4.19. The van der Waals surface area contributed by atoms with Crippen molar-refractivity contribution in [1.82, 2.24) is 9.80 Å². The molecular weight excluding hydrogens is 317 g/mol. The van der Waals surface area contributed by atoms with Gasteiger partial charge in [0.1, 0.15) is 0 Å². The van der Waals surface area contributed by atoms with E-state index in [1.165, 1.54) is 0 Å². The highest BCUT2D eigenvalue weighted by Gasteiger charge is 2.34. The monoisotopic (exact) mass is 333 g/mol. The van der Waals surface area contributed by atoms with E-state index in [-0.39, 0.29) is 11.8 Å². The van der Waals surface area contributed by atoms with Crippen LogP contribution in [-0.4, -0.2) is 52.4 Å². The molecule has 0 saturated carbocycles. The zero-order valence-electron chi connectivity index (χ0n) is 9.23. The molecule has 0 aliphatic carbocycles. The number of rotatable bonds is 2. The van der Waals surface area contributed by atoms with E-state index in [0.29, 0.717) is 10.5 Å². The Morgan fingerprint density at radius 2 is 2.00 bits per heavy atom. The maximum atomic E-state index is 11.5. The largest absolute Gasteiger partial charge is 0.342 e. The minimum absolute atomic E-state index is 0.244. The van der Waals surface area contributed by atoms with Crippen molar-refractivity contribution in [3.63, 3.8) is 0 Å². The fourth-order valence-electron chi connectivity index (χ4n) is 2.46. The number of alkyl halides is 1. The summed E-state index contributed by atoms with van der Waals surface area (Å²) in [7, 11) is 0. The Hall–Kier alpha value is -0.350. The maximum Gasteiger partial charge on any atom is 0.232 e. The first-order valence-corrected chi connectivity index (χ1v) is 7.24. The van der Waals surface area contributed by atoms with Gasteiger partial charge in [0.25, 0.3) is 0 Å². The second kappa shape index (κ2) is 5.32. The Kier molecular flexibility index (Phi) is 4.03. The van der Waals surface area contributed by atoms with Crippen molar-refractivity contribution >= 4 is 28.5 Å². The van der Waals surface area contributed by atoms with E-state index in [2.05, 4.69) is 33.6 Å². The maximum absolute atomic E-state index is 11.5. The molecule has 2 fully saturated rings. The van der Waals surface area contributed by atoms with Crippen LogP contribution in [0.2, 0.25) is 0 Å². The van der Waals surface area contributed by atoms with Crippen molar-refractivity contribution in [3.8, 4) is 6.07 Å². The van der Waals surface area contributed by atoms with Gasteiger partial charge in [0.15, 0.2) is 0 Å². The molecule has 0 bridgehead atoms. The third kappa shape index (κ3) is 2.48. The average molecular weight is 333 g/mol. The van der Waals surface area contributed by atoms with Gasteiger partial charge >= 0.3 is 0 Å². The lowest BCUT2D eigenvalue weighted by molar-refractivity contribution is -0.130. The quantitative estimate of drug-likeness (QED) is 0.557. The van der Waals surface area contributed by atoms with Gasteiger partial charge in [0.05, 0.1) is 16.4 Å². The molecule has 2 aliphatic rings. The molecule has 0 unspecified atom stereocenters. The molecule has 2 heterocycles. The summed E-state index contributed by atoms with van der Waals surface area (Å²) in [6, 6.07) is 2.90. The summed E-state index contributed by atoms with van der Waals surface area (Å²) >= 11 is 2.12. The van der Waals surface area contributed by atoms with Crippen LogP contribution in [0.1, 0.15) is 12.8 Å². The summed E-state index contributed by atoms with van der Waals surface area (Å²) in [6.45, 7) is 3.64. The molecule has 5 heteroatoms. The van der Waals surface area contributed by atoms with Crippen molar-refractivity contribution in [1.29, 1.82) is 5.26 Å².